The smallest absolute Gasteiger partial charge is 0.136 e. The molecule has 2 nitrogen and oxygen atoms in total. The third-order valence-corrected chi connectivity index (χ3v) is 11.1. The molecule has 1 aromatic heterocycles. The Hall–Kier alpha value is -6.12. The van der Waals surface area contributed by atoms with Crippen molar-refractivity contribution in [1.29, 1.82) is 0 Å². The molecule has 0 N–H and O–H groups in total. The fraction of sp³-hybridized carbons (Fsp3) is 0.0833. The van der Waals surface area contributed by atoms with E-state index in [4.69, 9.17) is 9.15 Å². The summed E-state index contributed by atoms with van der Waals surface area (Å²) >= 11 is 0. The highest BCUT2D eigenvalue weighted by Gasteiger charge is 2.33. The Kier molecular flexibility index (Phi) is 5.94. The molecule has 7 aromatic carbocycles. The Bertz CT molecular complexity index is 2800. The van der Waals surface area contributed by atoms with Gasteiger partial charge in [0.1, 0.15) is 22.7 Å². The third-order valence-electron chi connectivity index (χ3n) is 11.1. The van der Waals surface area contributed by atoms with E-state index in [0.29, 0.717) is 0 Å². The predicted octanol–water partition coefficient (Wildman–Crippen LogP) is 13.3. The molecule has 236 valence electrons. The second kappa shape index (κ2) is 10.7. The Morgan fingerprint density at radius 3 is 1.94 bits per heavy atom. The quantitative estimate of drug-likeness (QED) is 0.179. The zero-order valence-corrected chi connectivity index (χ0v) is 27.4. The van der Waals surface area contributed by atoms with Crippen LogP contribution in [0.25, 0.3) is 76.5 Å². The van der Waals surface area contributed by atoms with E-state index < -0.39 is 0 Å². The van der Waals surface area contributed by atoms with Crippen LogP contribution in [-0.2, 0) is 0 Å². The van der Waals surface area contributed by atoms with Gasteiger partial charge in [-0.3, -0.25) is 0 Å². The molecule has 50 heavy (non-hydrogen) atoms. The standard InChI is InChI=1S/C48H32O2/c1-2-10-30(11-3-1)47-36-13-4-6-15-38(36)48(39-16-7-5-14-37(39)47)31-20-18-29(19-21-31)32-22-23-44-41(24-32)42-26-33-25-40-35-12-8-9-17-43(35)49-45(40)27-34(33)28-46(42)50-44/h1-2,4-10,12-23,25-28,41H,3,11,24H2. The van der Waals surface area contributed by atoms with Crippen LogP contribution in [0, 0.1) is 0 Å². The highest BCUT2D eigenvalue weighted by Crippen LogP contribution is 2.50. The largest absolute Gasteiger partial charge is 0.461 e. The summed E-state index contributed by atoms with van der Waals surface area (Å²) in [5.41, 5.74) is 11.1. The van der Waals surface area contributed by atoms with Crippen LogP contribution in [0.5, 0.6) is 5.75 Å². The molecule has 1 aliphatic heterocycles. The zero-order valence-electron chi connectivity index (χ0n) is 27.4. The van der Waals surface area contributed by atoms with Crippen molar-refractivity contribution >= 4 is 65.4 Å². The minimum absolute atomic E-state index is 0.204. The monoisotopic (exact) mass is 640 g/mol. The molecule has 0 spiro atoms. The van der Waals surface area contributed by atoms with E-state index in [0.717, 1.165) is 58.1 Å². The molecule has 0 saturated heterocycles. The van der Waals surface area contributed by atoms with E-state index in [-0.39, 0.29) is 5.92 Å². The average Bonchev–Trinajstić information content (AvgIpc) is 3.72. The van der Waals surface area contributed by atoms with Gasteiger partial charge in [-0.2, -0.15) is 0 Å². The van der Waals surface area contributed by atoms with Crippen LogP contribution >= 0.6 is 0 Å². The first-order valence-electron chi connectivity index (χ1n) is 17.6. The SMILES string of the molecule is C1=CCCC(c2c3ccccc3c(-c3ccc(C4=CC=C5Oc6cc7cc8oc9ccccc9c8cc7cc6C5C4)cc3)c3ccccc23)=C1. The maximum absolute atomic E-state index is 6.46. The topological polar surface area (TPSA) is 22.4 Å². The number of allylic oxidation sites excluding steroid dienone is 8. The number of fused-ring (bicyclic) bond motifs is 9. The van der Waals surface area contributed by atoms with E-state index in [1.807, 2.05) is 12.1 Å². The fourth-order valence-electron chi connectivity index (χ4n) is 8.72. The molecule has 3 aliphatic rings. The zero-order chi connectivity index (χ0) is 32.8. The lowest BCUT2D eigenvalue weighted by molar-refractivity contribution is 0.427. The minimum Gasteiger partial charge on any atom is -0.461 e. The van der Waals surface area contributed by atoms with Crippen molar-refractivity contribution in [2.45, 2.75) is 25.2 Å². The highest BCUT2D eigenvalue weighted by molar-refractivity contribution is 6.19. The van der Waals surface area contributed by atoms with E-state index in [1.165, 1.54) is 65.9 Å². The predicted molar refractivity (Wildman–Crippen MR) is 209 cm³/mol. The molecule has 1 atom stereocenters. The van der Waals surface area contributed by atoms with E-state index >= 15 is 0 Å². The van der Waals surface area contributed by atoms with Crippen LogP contribution in [0.2, 0.25) is 0 Å². The lowest BCUT2D eigenvalue weighted by Gasteiger charge is -2.21. The van der Waals surface area contributed by atoms with Gasteiger partial charge in [0.15, 0.2) is 0 Å². The van der Waals surface area contributed by atoms with Crippen LogP contribution in [0.1, 0.15) is 41.9 Å². The summed E-state index contributed by atoms with van der Waals surface area (Å²) in [4.78, 5) is 0. The van der Waals surface area contributed by atoms with Gasteiger partial charge in [0, 0.05) is 22.3 Å². The molecule has 0 radical (unpaired) electrons. The normalized spacial score (nSPS) is 16.8. The molecule has 0 bridgehead atoms. The second-order valence-corrected chi connectivity index (χ2v) is 13.9. The molecule has 0 amide bonds. The van der Waals surface area contributed by atoms with E-state index in [2.05, 4.69) is 140 Å². The number of benzene rings is 7. The summed E-state index contributed by atoms with van der Waals surface area (Å²) in [5, 5.41) is 9.94. The molecule has 8 aromatic rings. The van der Waals surface area contributed by atoms with Gasteiger partial charge in [0.05, 0.1) is 0 Å². The Morgan fingerprint density at radius 1 is 0.520 bits per heavy atom. The Labute approximate surface area is 289 Å². The molecular weight excluding hydrogens is 609 g/mol. The first-order valence-corrected chi connectivity index (χ1v) is 17.6. The molecule has 0 fully saturated rings. The number of hydrogen-bond donors (Lipinski definition) is 0. The molecule has 11 rings (SSSR count). The van der Waals surface area contributed by atoms with Crippen molar-refractivity contribution in [2.75, 3.05) is 0 Å². The Balaban J connectivity index is 0.963. The number of ether oxygens (including phenoxy) is 1. The summed E-state index contributed by atoms with van der Waals surface area (Å²) in [6.07, 6.45) is 14.3. The van der Waals surface area contributed by atoms with Gasteiger partial charge in [-0.25, -0.2) is 0 Å². The van der Waals surface area contributed by atoms with Crippen LogP contribution in [0.4, 0.5) is 0 Å². The third kappa shape index (κ3) is 4.15. The number of rotatable bonds is 3. The first-order chi connectivity index (χ1) is 24.8. The van der Waals surface area contributed by atoms with E-state index in [1.54, 1.807) is 0 Å². The van der Waals surface area contributed by atoms with Crippen LogP contribution in [0.15, 0.2) is 162 Å². The van der Waals surface area contributed by atoms with Crippen molar-refractivity contribution in [3.05, 3.63) is 174 Å². The van der Waals surface area contributed by atoms with Gasteiger partial charge in [0.25, 0.3) is 0 Å². The minimum atomic E-state index is 0.204. The maximum Gasteiger partial charge on any atom is 0.136 e. The number of para-hydroxylation sites is 1. The first kappa shape index (κ1) is 27.8. The summed E-state index contributed by atoms with van der Waals surface area (Å²) < 4.78 is 12.6. The Morgan fingerprint density at radius 2 is 1.20 bits per heavy atom. The van der Waals surface area contributed by atoms with Crippen molar-refractivity contribution in [3.63, 3.8) is 0 Å². The van der Waals surface area contributed by atoms with Gasteiger partial charge in [0.2, 0.25) is 0 Å². The van der Waals surface area contributed by atoms with Crippen LogP contribution in [-0.4, -0.2) is 0 Å². The molecule has 1 unspecified atom stereocenters. The lowest BCUT2D eigenvalue weighted by Crippen LogP contribution is -2.04. The molecule has 2 aliphatic carbocycles. The van der Waals surface area contributed by atoms with Crippen molar-refractivity contribution < 1.29 is 9.15 Å². The van der Waals surface area contributed by atoms with Gasteiger partial charge in [-0.05, 0) is 121 Å². The number of furan rings is 1. The average molecular weight is 641 g/mol. The maximum atomic E-state index is 6.46. The van der Waals surface area contributed by atoms with Gasteiger partial charge < -0.3 is 9.15 Å². The van der Waals surface area contributed by atoms with Gasteiger partial charge in [-0.15, -0.1) is 0 Å². The molecular formula is C48H32O2. The molecule has 0 saturated carbocycles. The molecule has 2 heterocycles. The summed E-state index contributed by atoms with van der Waals surface area (Å²) in [5.74, 6) is 2.19. The van der Waals surface area contributed by atoms with Gasteiger partial charge >= 0.3 is 0 Å². The van der Waals surface area contributed by atoms with Crippen LogP contribution in [0.3, 0.4) is 0 Å². The van der Waals surface area contributed by atoms with Crippen molar-refractivity contribution in [1.82, 2.24) is 0 Å². The lowest BCUT2D eigenvalue weighted by atomic mass is 9.83. The summed E-state index contributed by atoms with van der Waals surface area (Å²) in [6.45, 7) is 0. The second-order valence-electron chi connectivity index (χ2n) is 13.9. The van der Waals surface area contributed by atoms with Crippen molar-refractivity contribution in [3.8, 4) is 16.9 Å². The summed E-state index contributed by atoms with van der Waals surface area (Å²) in [6, 6.07) is 44.4. The van der Waals surface area contributed by atoms with Crippen molar-refractivity contribution in [2.24, 2.45) is 0 Å². The summed E-state index contributed by atoms with van der Waals surface area (Å²) in [7, 11) is 0. The van der Waals surface area contributed by atoms with Crippen LogP contribution < -0.4 is 4.74 Å². The highest BCUT2D eigenvalue weighted by atomic mass is 16.5. The van der Waals surface area contributed by atoms with E-state index in [9.17, 15) is 0 Å². The number of hydrogen-bond acceptors (Lipinski definition) is 2. The molecule has 2 heteroatoms. The van der Waals surface area contributed by atoms with Gasteiger partial charge in [-0.1, -0.05) is 115 Å². The fourth-order valence-corrected chi connectivity index (χ4v) is 8.72.